The maximum atomic E-state index is 12.9. The van der Waals surface area contributed by atoms with Crippen LogP contribution in [0.1, 0.15) is 24.3 Å². The van der Waals surface area contributed by atoms with Crippen LogP contribution >= 0.6 is 11.8 Å². The highest BCUT2D eigenvalue weighted by Crippen LogP contribution is 2.36. The van der Waals surface area contributed by atoms with E-state index in [1.54, 1.807) is 30.9 Å². The van der Waals surface area contributed by atoms with E-state index in [1.165, 1.54) is 0 Å². The largest absolute Gasteiger partial charge is 0.491 e. The van der Waals surface area contributed by atoms with Crippen LogP contribution in [0.5, 0.6) is 5.75 Å². The molecule has 0 unspecified atom stereocenters. The third-order valence-corrected chi connectivity index (χ3v) is 6.36. The van der Waals surface area contributed by atoms with Gasteiger partial charge in [0.25, 0.3) is 11.0 Å². The maximum absolute atomic E-state index is 12.9. The summed E-state index contributed by atoms with van der Waals surface area (Å²) >= 11 is 0.924. The van der Waals surface area contributed by atoms with Gasteiger partial charge in [0, 0.05) is 30.3 Å². The first-order chi connectivity index (χ1) is 16.2. The number of imide groups is 1. The van der Waals surface area contributed by atoms with Crippen molar-refractivity contribution in [2.45, 2.75) is 32.5 Å². The number of nitrogens with zero attached hydrogens (tertiary/aromatic N) is 5. The van der Waals surface area contributed by atoms with Gasteiger partial charge in [0.05, 0.1) is 30.5 Å². The minimum atomic E-state index is -0.878. The second-order valence-corrected chi connectivity index (χ2v) is 9.91. The summed E-state index contributed by atoms with van der Waals surface area (Å²) in [4.78, 5) is 42.3. The normalized spacial score (nSPS) is 16.0. The number of imidazole rings is 1. The fourth-order valence-corrected chi connectivity index (χ4v) is 4.69. The summed E-state index contributed by atoms with van der Waals surface area (Å²) in [5.41, 5.74) is 1.74. The molecule has 1 fully saturated rings. The van der Waals surface area contributed by atoms with Gasteiger partial charge in [0.2, 0.25) is 0 Å². The van der Waals surface area contributed by atoms with E-state index in [0.29, 0.717) is 37.0 Å². The summed E-state index contributed by atoms with van der Waals surface area (Å²) in [6, 6.07) is 5.70. The molecule has 11 heteroatoms. The number of thioether (sulfide) groups is 1. The van der Waals surface area contributed by atoms with Crippen molar-refractivity contribution in [3.05, 3.63) is 42.5 Å². The van der Waals surface area contributed by atoms with Crippen molar-refractivity contribution in [2.75, 3.05) is 18.9 Å². The fraction of sp³-hybridized carbons (Fsp3) is 0.348. The van der Waals surface area contributed by atoms with Crippen LogP contribution in [0.4, 0.5) is 0 Å². The van der Waals surface area contributed by atoms with Crippen molar-refractivity contribution >= 4 is 28.7 Å². The van der Waals surface area contributed by atoms with Crippen LogP contribution in [0.2, 0.25) is 0 Å². The van der Waals surface area contributed by atoms with Gasteiger partial charge in [0.1, 0.15) is 23.9 Å². The average molecular weight is 482 g/mol. The lowest BCUT2D eigenvalue weighted by molar-refractivity contribution is -0.138. The summed E-state index contributed by atoms with van der Waals surface area (Å²) in [5, 5.41) is 13.7. The first-order valence-electron chi connectivity index (χ1n) is 10.8. The molecule has 34 heavy (non-hydrogen) atoms. The Kier molecular flexibility index (Phi) is 5.53. The number of hydrogen-bond donors (Lipinski definition) is 1. The SMILES string of the molecule is CC(C)(O)Cn1cc(-c2ccc3c(c2)OCCn2cc(C(=O)N4CCSC(=O)C4=O)nc2-3)cn1. The summed E-state index contributed by atoms with van der Waals surface area (Å²) in [7, 11) is 0. The number of aliphatic hydroxyl groups is 1. The molecule has 2 aliphatic rings. The van der Waals surface area contributed by atoms with Gasteiger partial charge in [-0.05, 0) is 31.5 Å². The monoisotopic (exact) mass is 481 g/mol. The lowest BCUT2D eigenvalue weighted by atomic mass is 10.1. The van der Waals surface area contributed by atoms with Crippen LogP contribution in [0.15, 0.2) is 36.8 Å². The highest BCUT2D eigenvalue weighted by atomic mass is 32.2. The Balaban J connectivity index is 1.44. The van der Waals surface area contributed by atoms with E-state index in [4.69, 9.17) is 4.74 Å². The second-order valence-electron chi connectivity index (χ2n) is 8.84. The van der Waals surface area contributed by atoms with Gasteiger partial charge in [-0.1, -0.05) is 17.8 Å². The number of carbonyl (C=O) groups is 3. The molecule has 0 atom stereocenters. The first-order valence-corrected chi connectivity index (χ1v) is 11.8. The zero-order valence-corrected chi connectivity index (χ0v) is 19.5. The molecule has 0 saturated carbocycles. The van der Waals surface area contributed by atoms with Crippen LogP contribution in [0.25, 0.3) is 22.5 Å². The molecule has 0 bridgehead atoms. The van der Waals surface area contributed by atoms with Gasteiger partial charge in [-0.3, -0.25) is 24.0 Å². The quantitative estimate of drug-likeness (QED) is 0.443. The molecule has 2 amide bonds. The zero-order valence-electron chi connectivity index (χ0n) is 18.7. The van der Waals surface area contributed by atoms with Crippen LogP contribution < -0.4 is 4.74 Å². The third kappa shape index (κ3) is 4.24. The number of aromatic nitrogens is 4. The number of amides is 2. The molecular formula is C23H23N5O5S. The molecule has 2 aromatic heterocycles. The molecule has 2 aliphatic heterocycles. The van der Waals surface area contributed by atoms with Gasteiger partial charge in [-0.25, -0.2) is 4.98 Å². The van der Waals surface area contributed by atoms with Crippen molar-refractivity contribution in [1.29, 1.82) is 0 Å². The minimum Gasteiger partial charge on any atom is -0.491 e. The number of hydrogen-bond acceptors (Lipinski definition) is 8. The van der Waals surface area contributed by atoms with E-state index in [2.05, 4.69) is 10.1 Å². The number of benzene rings is 1. The minimum absolute atomic E-state index is 0.118. The lowest BCUT2D eigenvalue weighted by Crippen LogP contribution is -2.45. The zero-order chi connectivity index (χ0) is 24.0. The topological polar surface area (TPSA) is 120 Å². The van der Waals surface area contributed by atoms with E-state index in [1.807, 2.05) is 29.0 Å². The predicted molar refractivity (Wildman–Crippen MR) is 124 cm³/mol. The first kappa shape index (κ1) is 22.4. The van der Waals surface area contributed by atoms with Gasteiger partial charge < -0.3 is 14.4 Å². The van der Waals surface area contributed by atoms with E-state index in [0.717, 1.165) is 33.4 Å². The standard InChI is InChI=1S/C23H23N5O5S/c1-23(2,32)13-27-11-15(10-24-27)14-3-4-16-18(9-14)33-7-5-26-12-17(25-19(16)26)20(29)28-6-8-34-22(31)21(28)30/h3-4,9-12,32H,5-8,13H2,1-2H3. The molecule has 1 N–H and O–H groups in total. The van der Waals surface area contributed by atoms with Crippen molar-refractivity contribution in [3.8, 4) is 28.3 Å². The highest BCUT2D eigenvalue weighted by Gasteiger charge is 2.34. The molecule has 4 heterocycles. The molecule has 3 aromatic rings. The van der Waals surface area contributed by atoms with Gasteiger partial charge in [-0.15, -0.1) is 0 Å². The molecule has 1 aromatic carbocycles. The van der Waals surface area contributed by atoms with Crippen LogP contribution in [0, 0.1) is 0 Å². The van der Waals surface area contributed by atoms with Crippen molar-refractivity contribution in [2.24, 2.45) is 0 Å². The molecule has 0 radical (unpaired) electrons. The summed E-state index contributed by atoms with van der Waals surface area (Å²) in [5.74, 6) is 0.192. The van der Waals surface area contributed by atoms with E-state index in [-0.39, 0.29) is 12.2 Å². The Morgan fingerprint density at radius 1 is 1.21 bits per heavy atom. The summed E-state index contributed by atoms with van der Waals surface area (Å²) in [6.07, 6.45) is 5.20. The maximum Gasteiger partial charge on any atom is 0.308 e. The van der Waals surface area contributed by atoms with E-state index < -0.39 is 22.5 Å². The van der Waals surface area contributed by atoms with Gasteiger partial charge >= 0.3 is 5.91 Å². The molecule has 176 valence electrons. The Labute approximate surface area is 199 Å². The second kappa shape index (κ2) is 8.41. The number of carbonyl (C=O) groups excluding carboxylic acids is 3. The van der Waals surface area contributed by atoms with Gasteiger partial charge in [0.15, 0.2) is 0 Å². The summed E-state index contributed by atoms with van der Waals surface area (Å²) in [6.45, 7) is 4.86. The summed E-state index contributed by atoms with van der Waals surface area (Å²) < 4.78 is 9.48. The Bertz CT molecular complexity index is 1310. The van der Waals surface area contributed by atoms with Crippen molar-refractivity contribution < 1.29 is 24.2 Å². The molecule has 5 rings (SSSR count). The number of ether oxygens (including phenoxy) is 1. The van der Waals surface area contributed by atoms with Gasteiger partial charge in [-0.2, -0.15) is 5.10 Å². The van der Waals surface area contributed by atoms with Crippen LogP contribution in [0.3, 0.4) is 0 Å². The van der Waals surface area contributed by atoms with Crippen LogP contribution in [-0.2, 0) is 22.7 Å². The third-order valence-electron chi connectivity index (χ3n) is 5.54. The molecule has 0 aliphatic carbocycles. The highest BCUT2D eigenvalue weighted by molar-refractivity contribution is 8.15. The Hall–Kier alpha value is -3.44. The van der Waals surface area contributed by atoms with E-state index >= 15 is 0 Å². The van der Waals surface area contributed by atoms with Crippen molar-refractivity contribution in [3.63, 3.8) is 0 Å². The Morgan fingerprint density at radius 2 is 2.03 bits per heavy atom. The average Bonchev–Trinajstić information content (AvgIpc) is 3.38. The van der Waals surface area contributed by atoms with Crippen molar-refractivity contribution in [1.82, 2.24) is 24.2 Å². The smallest absolute Gasteiger partial charge is 0.308 e. The number of rotatable bonds is 4. The number of fused-ring (bicyclic) bond motifs is 3. The predicted octanol–water partition coefficient (Wildman–Crippen LogP) is 1.82. The Morgan fingerprint density at radius 3 is 2.82 bits per heavy atom. The molecular weight excluding hydrogens is 458 g/mol. The van der Waals surface area contributed by atoms with Crippen LogP contribution in [-0.4, -0.2) is 70.8 Å². The fourth-order valence-electron chi connectivity index (χ4n) is 4.00. The molecule has 10 nitrogen and oxygen atoms in total. The molecule has 0 spiro atoms. The van der Waals surface area contributed by atoms with E-state index in [9.17, 15) is 19.5 Å². The molecule has 1 saturated heterocycles. The lowest BCUT2D eigenvalue weighted by Gasteiger charge is -2.22.